The van der Waals surface area contributed by atoms with E-state index < -0.39 is 0 Å². The maximum atomic E-state index is 10.1. The van der Waals surface area contributed by atoms with Crippen LogP contribution in [-0.2, 0) is 0 Å². The number of rotatable bonds is 3. The molecular weight excluding hydrogens is 524 g/mol. The van der Waals surface area contributed by atoms with Gasteiger partial charge in [0.2, 0.25) is 0 Å². The Hall–Kier alpha value is -4.54. The van der Waals surface area contributed by atoms with E-state index in [9.17, 15) is 10.5 Å². The molecule has 0 bridgehead atoms. The maximum absolute atomic E-state index is 10.1. The zero-order chi connectivity index (χ0) is 29.1. The summed E-state index contributed by atoms with van der Waals surface area (Å²) in [6, 6.07) is 23.7. The van der Waals surface area contributed by atoms with E-state index in [1.165, 1.54) is 33.8 Å². The van der Waals surface area contributed by atoms with Gasteiger partial charge < -0.3 is 9.80 Å². The van der Waals surface area contributed by atoms with Crippen molar-refractivity contribution in [1.29, 1.82) is 10.5 Å². The summed E-state index contributed by atoms with van der Waals surface area (Å²) in [5, 5.41) is 19.7. The highest BCUT2D eigenvalue weighted by molar-refractivity contribution is 5.81. The van der Waals surface area contributed by atoms with Crippen LogP contribution < -0.4 is 4.90 Å². The molecule has 2 aromatic rings. The van der Waals surface area contributed by atoms with Crippen LogP contribution in [0.3, 0.4) is 0 Å². The highest BCUT2D eigenvalue weighted by atomic mass is 15.3. The summed E-state index contributed by atoms with van der Waals surface area (Å²) in [5.41, 5.74) is 8.11. The molecule has 0 spiro atoms. The van der Waals surface area contributed by atoms with Gasteiger partial charge in [-0.3, -0.25) is 0 Å². The molecule has 7 unspecified atom stereocenters. The first-order valence-corrected chi connectivity index (χ1v) is 15.8. The van der Waals surface area contributed by atoms with Gasteiger partial charge >= 0.3 is 0 Å². The second-order valence-corrected chi connectivity index (χ2v) is 13.0. The number of nitrogens with zero attached hydrogens (tertiary/aromatic N) is 4. The summed E-state index contributed by atoms with van der Waals surface area (Å²) in [4.78, 5) is 5.18. The van der Waals surface area contributed by atoms with E-state index >= 15 is 0 Å². The van der Waals surface area contributed by atoms with E-state index in [4.69, 9.17) is 0 Å². The van der Waals surface area contributed by atoms with Gasteiger partial charge in [-0.05, 0) is 86.1 Å². The van der Waals surface area contributed by atoms with Crippen LogP contribution in [0.4, 0.5) is 11.4 Å². The van der Waals surface area contributed by atoms with Crippen LogP contribution in [-0.4, -0.2) is 22.5 Å². The Morgan fingerprint density at radius 3 is 2.74 bits per heavy atom. The first kappa shape index (κ1) is 26.1. The summed E-state index contributed by atoms with van der Waals surface area (Å²) in [6.45, 7) is 2.30. The van der Waals surface area contributed by atoms with Crippen LogP contribution in [0.25, 0.3) is 5.57 Å². The van der Waals surface area contributed by atoms with Crippen molar-refractivity contribution < 1.29 is 0 Å². The van der Waals surface area contributed by atoms with Gasteiger partial charge in [-0.1, -0.05) is 72.9 Å². The SMILES string of the molecule is CC12C=CC(C#N)=CC1c1ccccc1N2c1cccc(C2=CCCC3C2C2C=CCCC2N3C2=CC=CCC2C#N)c1. The first-order valence-electron chi connectivity index (χ1n) is 15.8. The predicted octanol–water partition coefficient (Wildman–Crippen LogP) is 8.50. The first-order chi connectivity index (χ1) is 21.1. The molecule has 4 aliphatic carbocycles. The van der Waals surface area contributed by atoms with Gasteiger partial charge in [0.1, 0.15) is 0 Å². The highest BCUT2D eigenvalue weighted by Gasteiger charge is 2.52. The second-order valence-electron chi connectivity index (χ2n) is 13.0. The van der Waals surface area contributed by atoms with Crippen LogP contribution in [0.1, 0.15) is 56.1 Å². The van der Waals surface area contributed by atoms with Crippen molar-refractivity contribution in [2.24, 2.45) is 17.8 Å². The molecule has 6 aliphatic rings. The molecule has 0 radical (unpaired) electrons. The van der Waals surface area contributed by atoms with Crippen molar-refractivity contribution in [3.05, 3.63) is 126 Å². The van der Waals surface area contributed by atoms with Crippen LogP contribution in [0.15, 0.2) is 114 Å². The van der Waals surface area contributed by atoms with Crippen molar-refractivity contribution in [2.75, 3.05) is 4.90 Å². The van der Waals surface area contributed by atoms with Gasteiger partial charge in [0, 0.05) is 52.5 Å². The molecule has 1 fully saturated rings. The number of para-hydroxylation sites is 1. The fourth-order valence-electron chi connectivity index (χ4n) is 9.09. The Bertz CT molecular complexity index is 1760. The van der Waals surface area contributed by atoms with Crippen LogP contribution in [0, 0.1) is 40.4 Å². The monoisotopic (exact) mass is 560 g/mol. The standard InChI is InChI=1S/C39H36N4/c1-39-21-20-26(24-40)22-33(39)31-13-3-7-18-36(31)43(39)29-12-8-11-27(23-29)30-15-9-19-37-38(30)32-14-4-6-17-35(32)42(37)34-16-5-2-10-28(34)25-41/h2-5,7-8,11-16,18,20-23,28,32-33,35,37-38H,6,9-10,17,19H2,1H3. The Morgan fingerprint density at radius 1 is 0.977 bits per heavy atom. The van der Waals surface area contributed by atoms with E-state index in [1.54, 1.807) is 0 Å². The lowest BCUT2D eigenvalue weighted by atomic mass is 9.73. The lowest BCUT2D eigenvalue weighted by Gasteiger charge is -2.40. The number of anilines is 2. The Kier molecular flexibility index (Phi) is 6.09. The fraction of sp³-hybridized carbons (Fsp3) is 0.333. The quantitative estimate of drug-likeness (QED) is 0.353. The van der Waals surface area contributed by atoms with Crippen LogP contribution in [0.2, 0.25) is 0 Å². The van der Waals surface area contributed by atoms with Gasteiger partial charge in [-0.2, -0.15) is 10.5 Å². The van der Waals surface area contributed by atoms with Gasteiger partial charge in [0.15, 0.2) is 0 Å². The van der Waals surface area contributed by atoms with E-state index in [-0.39, 0.29) is 17.4 Å². The zero-order valence-corrected chi connectivity index (χ0v) is 24.6. The Balaban J connectivity index is 1.20. The van der Waals surface area contributed by atoms with Gasteiger partial charge in [0.05, 0.1) is 23.6 Å². The normalized spacial score (nSPS) is 33.3. The third-order valence-electron chi connectivity index (χ3n) is 10.9. The molecule has 2 heterocycles. The van der Waals surface area contributed by atoms with Crippen LogP contribution >= 0.6 is 0 Å². The summed E-state index contributed by atoms with van der Waals surface area (Å²) in [5.74, 6) is 0.913. The van der Waals surface area contributed by atoms with E-state index in [1.807, 2.05) is 6.08 Å². The second kappa shape index (κ2) is 10.0. The number of benzene rings is 2. The van der Waals surface area contributed by atoms with Crippen molar-refractivity contribution in [1.82, 2.24) is 4.90 Å². The summed E-state index contributed by atoms with van der Waals surface area (Å²) >= 11 is 0. The number of hydrogen-bond acceptors (Lipinski definition) is 4. The smallest absolute Gasteiger partial charge is 0.0988 e. The molecule has 8 rings (SSSR count). The largest absolute Gasteiger partial charge is 0.366 e. The Morgan fingerprint density at radius 2 is 1.86 bits per heavy atom. The molecule has 212 valence electrons. The number of nitriles is 2. The average Bonchev–Trinajstić information content (AvgIpc) is 3.53. The molecule has 0 amide bonds. The van der Waals surface area contributed by atoms with Gasteiger partial charge in [-0.25, -0.2) is 0 Å². The molecule has 2 aliphatic heterocycles. The van der Waals surface area contributed by atoms with E-state index in [0.29, 0.717) is 23.9 Å². The van der Waals surface area contributed by atoms with Crippen LogP contribution in [0.5, 0.6) is 0 Å². The minimum Gasteiger partial charge on any atom is -0.366 e. The molecule has 4 nitrogen and oxygen atoms in total. The molecule has 2 aromatic carbocycles. The molecule has 0 N–H and O–H groups in total. The third-order valence-corrected chi connectivity index (χ3v) is 10.9. The maximum Gasteiger partial charge on any atom is 0.0988 e. The fourth-order valence-corrected chi connectivity index (χ4v) is 9.09. The Labute approximate surface area is 254 Å². The van der Waals surface area contributed by atoms with Crippen molar-refractivity contribution in [2.45, 2.75) is 62.6 Å². The lowest BCUT2D eigenvalue weighted by molar-refractivity contribution is 0.200. The summed E-state index contributed by atoms with van der Waals surface area (Å²) in [6.07, 6.45) is 25.5. The highest BCUT2D eigenvalue weighted by Crippen LogP contribution is 2.56. The summed E-state index contributed by atoms with van der Waals surface area (Å²) < 4.78 is 0. The lowest BCUT2D eigenvalue weighted by Crippen LogP contribution is -2.42. The molecule has 1 saturated heterocycles. The zero-order valence-electron chi connectivity index (χ0n) is 24.6. The molecular formula is C39H36N4. The minimum absolute atomic E-state index is 0.0592. The average molecular weight is 561 g/mol. The number of fused-ring (bicyclic) bond motifs is 6. The van der Waals surface area contributed by atoms with Gasteiger partial charge in [-0.15, -0.1) is 0 Å². The summed E-state index contributed by atoms with van der Waals surface area (Å²) in [7, 11) is 0. The van der Waals surface area contributed by atoms with Crippen molar-refractivity contribution in [3.8, 4) is 12.1 Å². The molecule has 0 aromatic heterocycles. The number of likely N-dealkylation sites (tertiary alicyclic amines) is 1. The number of allylic oxidation sites excluding steroid dienone is 8. The van der Waals surface area contributed by atoms with E-state index in [0.717, 1.165) is 37.7 Å². The molecule has 43 heavy (non-hydrogen) atoms. The van der Waals surface area contributed by atoms with Crippen molar-refractivity contribution in [3.63, 3.8) is 0 Å². The predicted molar refractivity (Wildman–Crippen MR) is 172 cm³/mol. The molecule has 7 atom stereocenters. The number of hydrogen-bond donors (Lipinski definition) is 0. The molecule has 4 heteroatoms. The van der Waals surface area contributed by atoms with Gasteiger partial charge in [0.25, 0.3) is 0 Å². The minimum atomic E-state index is -0.291. The third kappa shape index (κ3) is 3.86. The van der Waals surface area contributed by atoms with E-state index in [2.05, 4.69) is 126 Å². The topological polar surface area (TPSA) is 54.1 Å². The molecule has 0 saturated carbocycles. The van der Waals surface area contributed by atoms with Crippen molar-refractivity contribution >= 4 is 16.9 Å².